The van der Waals surface area contributed by atoms with Crippen LogP contribution in [0.1, 0.15) is 33.6 Å². The molecule has 1 N–H and O–H groups in total. The zero-order valence-corrected chi connectivity index (χ0v) is 19.6. The Morgan fingerprint density at radius 3 is 2.52 bits per heavy atom. The fourth-order valence-electron chi connectivity index (χ4n) is 3.64. The highest BCUT2D eigenvalue weighted by molar-refractivity contribution is 6.04. The van der Waals surface area contributed by atoms with E-state index < -0.39 is 29.0 Å². The Labute approximate surface area is 192 Å². The van der Waals surface area contributed by atoms with E-state index in [2.05, 4.69) is 10.3 Å². The number of pyridine rings is 1. The Balaban J connectivity index is 1.83. The van der Waals surface area contributed by atoms with Crippen molar-refractivity contribution in [1.82, 2.24) is 9.88 Å². The van der Waals surface area contributed by atoms with E-state index in [0.29, 0.717) is 16.8 Å². The number of likely N-dealkylation sites (tertiary alicyclic amines) is 1. The van der Waals surface area contributed by atoms with Gasteiger partial charge in [0.25, 0.3) is 5.91 Å². The molecule has 10 heteroatoms. The van der Waals surface area contributed by atoms with Crippen LogP contribution in [0.5, 0.6) is 5.75 Å². The molecule has 0 radical (unpaired) electrons. The summed E-state index contributed by atoms with van der Waals surface area (Å²) in [6.45, 7) is 5.83. The average molecular weight is 464 g/mol. The molecule has 0 unspecified atom stereocenters. The van der Waals surface area contributed by atoms with Gasteiger partial charge in [0.15, 0.2) is 11.4 Å². The first kappa shape index (κ1) is 24.7. The molecular formula is C23H30FN3O6. The topological polar surface area (TPSA) is 99.2 Å². The number of fused-ring (bicyclic) bond motifs is 1. The number of aromatic nitrogens is 1. The summed E-state index contributed by atoms with van der Waals surface area (Å²) < 4.78 is 35.9. The lowest BCUT2D eigenvalue weighted by atomic mass is 9.90. The molecule has 0 saturated carbocycles. The van der Waals surface area contributed by atoms with Crippen LogP contribution in [0.2, 0.25) is 0 Å². The van der Waals surface area contributed by atoms with Crippen LogP contribution in [0.25, 0.3) is 10.9 Å². The molecule has 1 aromatic heterocycles. The van der Waals surface area contributed by atoms with Crippen molar-refractivity contribution < 1.29 is 32.9 Å². The SMILES string of the molecule is COCOC1(C(=O)Nc2ccnc3c(F)cc(OC)cc23)CCN(C(=O)OC(C)(C)C)CC1. The van der Waals surface area contributed by atoms with Crippen LogP contribution in [0.4, 0.5) is 14.9 Å². The molecule has 0 spiro atoms. The van der Waals surface area contributed by atoms with Crippen LogP contribution in [-0.4, -0.2) is 67.2 Å². The molecule has 2 heterocycles. The number of nitrogens with one attached hydrogen (secondary N) is 1. The van der Waals surface area contributed by atoms with Crippen LogP contribution < -0.4 is 10.1 Å². The van der Waals surface area contributed by atoms with Gasteiger partial charge >= 0.3 is 6.09 Å². The van der Waals surface area contributed by atoms with Crippen molar-refractivity contribution in [2.45, 2.75) is 44.8 Å². The number of carbonyl (C=O) groups excluding carboxylic acids is 2. The molecule has 0 aliphatic carbocycles. The summed E-state index contributed by atoms with van der Waals surface area (Å²) in [4.78, 5) is 31.5. The summed E-state index contributed by atoms with van der Waals surface area (Å²) in [6, 6.07) is 4.42. The van der Waals surface area contributed by atoms with E-state index in [-0.39, 0.29) is 38.2 Å². The van der Waals surface area contributed by atoms with Crippen molar-refractivity contribution in [3.8, 4) is 5.75 Å². The van der Waals surface area contributed by atoms with Gasteiger partial charge < -0.3 is 29.2 Å². The van der Waals surface area contributed by atoms with Crippen LogP contribution in [0, 0.1) is 5.82 Å². The van der Waals surface area contributed by atoms with E-state index in [1.807, 2.05) is 0 Å². The minimum absolute atomic E-state index is 0.0978. The molecule has 9 nitrogen and oxygen atoms in total. The minimum Gasteiger partial charge on any atom is -0.497 e. The van der Waals surface area contributed by atoms with Gasteiger partial charge in [0.1, 0.15) is 23.7 Å². The molecule has 1 fully saturated rings. The molecule has 3 rings (SSSR count). The van der Waals surface area contributed by atoms with E-state index in [1.165, 1.54) is 26.5 Å². The van der Waals surface area contributed by atoms with E-state index >= 15 is 0 Å². The maximum atomic E-state index is 14.4. The summed E-state index contributed by atoms with van der Waals surface area (Å²) >= 11 is 0. The third-order valence-corrected chi connectivity index (χ3v) is 5.35. The molecule has 2 amide bonds. The van der Waals surface area contributed by atoms with Gasteiger partial charge in [0.05, 0.1) is 12.8 Å². The first-order chi connectivity index (χ1) is 15.6. The number of anilines is 1. The molecule has 0 bridgehead atoms. The summed E-state index contributed by atoms with van der Waals surface area (Å²) in [5, 5.41) is 3.25. The number of benzene rings is 1. The van der Waals surface area contributed by atoms with E-state index in [0.717, 1.165) is 0 Å². The number of nitrogens with zero attached hydrogens (tertiary/aromatic N) is 2. The van der Waals surface area contributed by atoms with Crippen molar-refractivity contribution in [3.63, 3.8) is 0 Å². The fraction of sp³-hybridized carbons (Fsp3) is 0.522. The normalized spacial score (nSPS) is 15.9. The first-order valence-electron chi connectivity index (χ1n) is 10.6. The van der Waals surface area contributed by atoms with E-state index in [4.69, 9.17) is 18.9 Å². The first-order valence-corrected chi connectivity index (χ1v) is 10.6. The molecule has 1 aliphatic heterocycles. The van der Waals surface area contributed by atoms with Crippen molar-refractivity contribution in [3.05, 3.63) is 30.2 Å². The van der Waals surface area contributed by atoms with E-state index in [1.54, 1.807) is 37.8 Å². The smallest absolute Gasteiger partial charge is 0.410 e. The highest BCUT2D eigenvalue weighted by Crippen LogP contribution is 2.32. The number of hydrogen-bond donors (Lipinski definition) is 1. The van der Waals surface area contributed by atoms with Gasteiger partial charge in [-0.25, -0.2) is 9.18 Å². The third kappa shape index (κ3) is 5.69. The molecule has 0 atom stereocenters. The third-order valence-electron chi connectivity index (χ3n) is 5.35. The molecule has 33 heavy (non-hydrogen) atoms. The van der Waals surface area contributed by atoms with Gasteiger partial charge in [-0.3, -0.25) is 9.78 Å². The number of hydrogen-bond acceptors (Lipinski definition) is 7. The van der Waals surface area contributed by atoms with Crippen molar-refractivity contribution in [1.29, 1.82) is 0 Å². The van der Waals surface area contributed by atoms with Crippen molar-refractivity contribution in [2.75, 3.05) is 39.4 Å². The Morgan fingerprint density at radius 2 is 1.91 bits per heavy atom. The number of amides is 2. The number of ether oxygens (including phenoxy) is 4. The van der Waals surface area contributed by atoms with Crippen molar-refractivity contribution >= 4 is 28.6 Å². The Morgan fingerprint density at radius 1 is 1.21 bits per heavy atom. The molecule has 1 aliphatic rings. The number of rotatable bonds is 6. The van der Waals surface area contributed by atoms with Crippen molar-refractivity contribution in [2.24, 2.45) is 0 Å². The van der Waals surface area contributed by atoms with Gasteiger partial charge in [-0.05, 0) is 32.9 Å². The molecule has 180 valence electrons. The predicted molar refractivity (Wildman–Crippen MR) is 120 cm³/mol. The van der Waals surface area contributed by atoms with Gasteiger partial charge in [0, 0.05) is 50.7 Å². The quantitative estimate of drug-likeness (QED) is 0.652. The summed E-state index contributed by atoms with van der Waals surface area (Å²) in [6.07, 6.45) is 1.46. The van der Waals surface area contributed by atoms with E-state index in [9.17, 15) is 14.0 Å². The lowest BCUT2D eigenvalue weighted by molar-refractivity contribution is -0.169. The molecular weight excluding hydrogens is 433 g/mol. The molecule has 1 saturated heterocycles. The lowest BCUT2D eigenvalue weighted by Gasteiger charge is -2.40. The predicted octanol–water partition coefficient (Wildman–Crippen LogP) is 3.71. The number of halogens is 1. The van der Waals surface area contributed by atoms with Crippen LogP contribution in [-0.2, 0) is 19.0 Å². The number of carbonyl (C=O) groups is 2. The summed E-state index contributed by atoms with van der Waals surface area (Å²) in [5.74, 6) is -0.671. The number of methoxy groups -OCH3 is 2. The maximum absolute atomic E-state index is 14.4. The largest absolute Gasteiger partial charge is 0.497 e. The molecule has 2 aromatic rings. The Bertz CT molecular complexity index is 1020. The fourth-order valence-corrected chi connectivity index (χ4v) is 3.64. The zero-order valence-electron chi connectivity index (χ0n) is 19.6. The molecule has 1 aromatic carbocycles. The van der Waals surface area contributed by atoms with Gasteiger partial charge in [-0.1, -0.05) is 0 Å². The number of piperidine rings is 1. The average Bonchev–Trinajstić information content (AvgIpc) is 2.77. The maximum Gasteiger partial charge on any atom is 0.410 e. The van der Waals surface area contributed by atoms with Gasteiger partial charge in [-0.15, -0.1) is 0 Å². The van der Waals surface area contributed by atoms with Gasteiger partial charge in [-0.2, -0.15) is 0 Å². The minimum atomic E-state index is -1.23. The Kier molecular flexibility index (Phi) is 7.38. The summed E-state index contributed by atoms with van der Waals surface area (Å²) in [7, 11) is 2.90. The monoisotopic (exact) mass is 463 g/mol. The second-order valence-corrected chi connectivity index (χ2v) is 8.83. The standard InChI is InChI=1S/C23H30FN3O6/c1-22(2,3)33-21(29)27-10-7-23(8-11-27,32-14-30-4)20(28)26-18-6-9-25-19-16(18)12-15(31-5)13-17(19)24/h6,9,12-13H,7-8,10-11,14H2,1-5H3,(H,25,26,28). The van der Waals surface area contributed by atoms with Crippen LogP contribution in [0.15, 0.2) is 24.4 Å². The zero-order chi connectivity index (χ0) is 24.2. The van der Waals surface area contributed by atoms with Gasteiger partial charge in [0.2, 0.25) is 0 Å². The lowest BCUT2D eigenvalue weighted by Crippen LogP contribution is -2.55. The Hall–Kier alpha value is -2.98. The highest BCUT2D eigenvalue weighted by atomic mass is 19.1. The van der Waals surface area contributed by atoms with Crippen LogP contribution >= 0.6 is 0 Å². The second-order valence-electron chi connectivity index (χ2n) is 8.83. The van der Waals surface area contributed by atoms with Crippen LogP contribution in [0.3, 0.4) is 0 Å². The summed E-state index contributed by atoms with van der Waals surface area (Å²) in [5.41, 5.74) is -1.37. The second kappa shape index (κ2) is 9.88. The highest BCUT2D eigenvalue weighted by Gasteiger charge is 2.44.